The fourth-order valence-corrected chi connectivity index (χ4v) is 2.27. The number of halogens is 4. The van der Waals surface area contributed by atoms with Crippen LogP contribution in [-0.4, -0.2) is 36.9 Å². The molecule has 1 aromatic carbocycles. The highest BCUT2D eigenvalue weighted by Gasteiger charge is 2.32. The molecule has 0 aliphatic carbocycles. The van der Waals surface area contributed by atoms with Crippen LogP contribution in [0.2, 0.25) is 0 Å². The lowest BCUT2D eigenvalue weighted by Gasteiger charge is -2.22. The summed E-state index contributed by atoms with van der Waals surface area (Å²) in [7, 11) is 3.37. The molecule has 0 spiro atoms. The first-order chi connectivity index (χ1) is 12.1. The molecular formula is C18H20F4N4. The van der Waals surface area contributed by atoms with Gasteiger partial charge in [-0.1, -0.05) is 6.07 Å². The number of alkyl halides is 3. The molecule has 0 bridgehead atoms. The van der Waals surface area contributed by atoms with Gasteiger partial charge < -0.3 is 9.80 Å². The molecule has 0 saturated heterocycles. The van der Waals surface area contributed by atoms with E-state index in [1.165, 1.54) is 36.2 Å². The first-order valence-corrected chi connectivity index (χ1v) is 7.96. The summed E-state index contributed by atoms with van der Waals surface area (Å²) >= 11 is 0. The number of pyridine rings is 1. The number of hydrogen-bond donors (Lipinski definition) is 0. The van der Waals surface area contributed by atoms with E-state index >= 15 is 0 Å². The zero-order valence-corrected chi connectivity index (χ0v) is 15.0. The Labute approximate surface area is 149 Å². The molecule has 2 rings (SSSR count). The summed E-state index contributed by atoms with van der Waals surface area (Å²) < 4.78 is 52.7. The Morgan fingerprint density at radius 3 is 2.50 bits per heavy atom. The Kier molecular flexibility index (Phi) is 5.84. The molecule has 0 fully saturated rings. The van der Waals surface area contributed by atoms with Crippen molar-refractivity contribution in [1.82, 2.24) is 9.88 Å². The fraction of sp³-hybridized carbons (Fsp3) is 0.333. The zero-order valence-electron chi connectivity index (χ0n) is 15.0. The van der Waals surface area contributed by atoms with Gasteiger partial charge in [-0.25, -0.2) is 14.4 Å². The summed E-state index contributed by atoms with van der Waals surface area (Å²) in [6.45, 7) is 4.42. The van der Waals surface area contributed by atoms with Crippen molar-refractivity contribution in [2.24, 2.45) is 4.99 Å². The first kappa shape index (κ1) is 19.7. The quantitative estimate of drug-likeness (QED) is 0.426. The van der Waals surface area contributed by atoms with Gasteiger partial charge in [0.25, 0.3) is 0 Å². The average Bonchev–Trinajstić information content (AvgIpc) is 2.60. The van der Waals surface area contributed by atoms with Gasteiger partial charge in [0, 0.05) is 20.6 Å². The van der Waals surface area contributed by atoms with Crippen LogP contribution in [0.3, 0.4) is 0 Å². The van der Waals surface area contributed by atoms with E-state index in [1.807, 2.05) is 18.9 Å². The van der Waals surface area contributed by atoms with Gasteiger partial charge in [0.05, 0.1) is 17.7 Å². The predicted molar refractivity (Wildman–Crippen MR) is 94.9 cm³/mol. The van der Waals surface area contributed by atoms with Crippen molar-refractivity contribution < 1.29 is 17.6 Å². The smallest absolute Gasteiger partial charge is 0.366 e. The third kappa shape index (κ3) is 4.50. The largest absolute Gasteiger partial charge is 0.433 e. The maximum atomic E-state index is 14.0. The van der Waals surface area contributed by atoms with E-state index in [1.54, 1.807) is 13.3 Å². The van der Waals surface area contributed by atoms with Crippen LogP contribution in [0.5, 0.6) is 0 Å². The maximum Gasteiger partial charge on any atom is 0.433 e. The normalized spacial score (nSPS) is 11.8. The van der Waals surface area contributed by atoms with Gasteiger partial charge in [-0.05, 0) is 43.7 Å². The zero-order chi connectivity index (χ0) is 19.5. The number of aromatic nitrogens is 1. The third-order valence-electron chi connectivity index (χ3n) is 3.94. The average molecular weight is 368 g/mol. The summed E-state index contributed by atoms with van der Waals surface area (Å²) in [5.41, 5.74) is 0.426. The number of hydrogen-bond acceptors (Lipinski definition) is 3. The van der Waals surface area contributed by atoms with Gasteiger partial charge in [-0.2, -0.15) is 13.2 Å². The Hall–Kier alpha value is -2.64. The highest BCUT2D eigenvalue weighted by Crippen LogP contribution is 2.34. The standard InChI is InChI=1S/C18H20F4N4/c1-5-25(3)11-23-14-9-13(19)10-15(12(14)2)26(4)17-8-6-7-16(24-17)18(20,21)22/h6-11H,5H2,1-4H3. The predicted octanol–water partition coefficient (Wildman–Crippen LogP) is 4.93. The van der Waals surface area contributed by atoms with Crippen molar-refractivity contribution in [3.05, 3.63) is 47.4 Å². The van der Waals surface area contributed by atoms with Crippen molar-refractivity contribution in [2.75, 3.05) is 25.5 Å². The molecule has 1 heterocycles. The summed E-state index contributed by atoms with van der Waals surface area (Å²) in [6, 6.07) is 6.14. The Bertz CT molecular complexity index is 802. The van der Waals surface area contributed by atoms with E-state index in [4.69, 9.17) is 0 Å². The number of aliphatic imine (C=N–C) groups is 1. The van der Waals surface area contributed by atoms with Gasteiger partial charge >= 0.3 is 6.18 Å². The van der Waals surface area contributed by atoms with Crippen LogP contribution in [0, 0.1) is 12.7 Å². The third-order valence-corrected chi connectivity index (χ3v) is 3.94. The Balaban J connectivity index is 2.45. The highest BCUT2D eigenvalue weighted by atomic mass is 19.4. The molecule has 26 heavy (non-hydrogen) atoms. The number of rotatable bonds is 5. The molecule has 140 valence electrons. The van der Waals surface area contributed by atoms with E-state index < -0.39 is 17.7 Å². The van der Waals surface area contributed by atoms with Crippen LogP contribution in [0.4, 0.5) is 34.8 Å². The molecule has 0 amide bonds. The lowest BCUT2D eigenvalue weighted by Crippen LogP contribution is -2.16. The summed E-state index contributed by atoms with van der Waals surface area (Å²) in [4.78, 5) is 11.1. The minimum Gasteiger partial charge on any atom is -0.366 e. The SMILES string of the molecule is CCN(C)C=Nc1cc(F)cc(N(C)c2cccc(C(F)(F)F)n2)c1C. The highest BCUT2D eigenvalue weighted by molar-refractivity contribution is 5.72. The Morgan fingerprint density at radius 2 is 1.88 bits per heavy atom. The fourth-order valence-electron chi connectivity index (χ4n) is 2.27. The minimum atomic E-state index is -4.55. The van der Waals surface area contributed by atoms with Gasteiger partial charge in [0.15, 0.2) is 0 Å². The van der Waals surface area contributed by atoms with E-state index in [0.29, 0.717) is 16.9 Å². The van der Waals surface area contributed by atoms with Gasteiger partial charge in [-0.15, -0.1) is 0 Å². The summed E-state index contributed by atoms with van der Waals surface area (Å²) in [6.07, 6.45) is -2.97. The van der Waals surface area contributed by atoms with E-state index in [9.17, 15) is 17.6 Å². The first-order valence-electron chi connectivity index (χ1n) is 7.96. The molecule has 0 unspecified atom stereocenters. The molecule has 0 aliphatic heterocycles. The molecule has 0 atom stereocenters. The van der Waals surface area contributed by atoms with Crippen molar-refractivity contribution in [3.63, 3.8) is 0 Å². The second-order valence-corrected chi connectivity index (χ2v) is 5.82. The Morgan fingerprint density at radius 1 is 1.19 bits per heavy atom. The van der Waals surface area contributed by atoms with Crippen LogP contribution >= 0.6 is 0 Å². The van der Waals surface area contributed by atoms with Gasteiger partial charge in [0.2, 0.25) is 0 Å². The number of nitrogens with zero attached hydrogens (tertiary/aromatic N) is 4. The van der Waals surface area contributed by atoms with Gasteiger partial charge in [0.1, 0.15) is 17.3 Å². The number of benzene rings is 1. The van der Waals surface area contributed by atoms with Crippen LogP contribution in [0.25, 0.3) is 0 Å². The van der Waals surface area contributed by atoms with Crippen LogP contribution < -0.4 is 4.90 Å². The van der Waals surface area contributed by atoms with Crippen molar-refractivity contribution in [2.45, 2.75) is 20.0 Å². The molecule has 0 radical (unpaired) electrons. The van der Waals surface area contributed by atoms with Crippen LogP contribution in [-0.2, 0) is 6.18 Å². The van der Waals surface area contributed by atoms with Crippen molar-refractivity contribution in [3.8, 4) is 0 Å². The van der Waals surface area contributed by atoms with Crippen molar-refractivity contribution in [1.29, 1.82) is 0 Å². The lowest BCUT2D eigenvalue weighted by molar-refractivity contribution is -0.141. The molecule has 0 aliphatic rings. The van der Waals surface area contributed by atoms with Crippen LogP contribution in [0.15, 0.2) is 35.3 Å². The lowest BCUT2D eigenvalue weighted by atomic mass is 10.1. The van der Waals surface area contributed by atoms with E-state index in [2.05, 4.69) is 9.98 Å². The molecule has 0 N–H and O–H groups in total. The van der Waals surface area contributed by atoms with Crippen LogP contribution in [0.1, 0.15) is 18.2 Å². The monoisotopic (exact) mass is 368 g/mol. The maximum absolute atomic E-state index is 14.0. The molecule has 1 aromatic heterocycles. The summed E-state index contributed by atoms with van der Waals surface area (Å²) in [5, 5.41) is 0. The number of anilines is 2. The van der Waals surface area contributed by atoms with Gasteiger partial charge in [-0.3, -0.25) is 0 Å². The second-order valence-electron chi connectivity index (χ2n) is 5.82. The topological polar surface area (TPSA) is 31.7 Å². The molecule has 2 aromatic rings. The summed E-state index contributed by atoms with van der Waals surface area (Å²) in [5.74, 6) is -0.468. The molecular weight excluding hydrogens is 348 g/mol. The second kappa shape index (κ2) is 7.72. The molecule has 8 heteroatoms. The van der Waals surface area contributed by atoms with E-state index in [0.717, 1.165) is 12.6 Å². The molecule has 4 nitrogen and oxygen atoms in total. The minimum absolute atomic E-state index is 0.0640. The van der Waals surface area contributed by atoms with Crippen molar-refractivity contribution >= 4 is 23.5 Å². The van der Waals surface area contributed by atoms with E-state index in [-0.39, 0.29) is 5.82 Å². The molecule has 0 saturated carbocycles.